The average molecular weight is 304 g/mol. The van der Waals surface area contributed by atoms with Gasteiger partial charge >= 0.3 is 0 Å². The molecule has 22 heavy (non-hydrogen) atoms. The fraction of sp³-hybridized carbons (Fsp3) is 0.688. The maximum atomic E-state index is 12.7. The Bertz CT molecular complexity index is 488. The van der Waals surface area contributed by atoms with Crippen molar-refractivity contribution in [1.29, 1.82) is 0 Å². The first-order chi connectivity index (χ1) is 10.8. The molecule has 2 aliphatic rings. The Morgan fingerprint density at radius 3 is 2.59 bits per heavy atom. The van der Waals surface area contributed by atoms with Gasteiger partial charge in [0.25, 0.3) is 0 Å². The van der Waals surface area contributed by atoms with E-state index in [1.54, 1.807) is 19.5 Å². The van der Waals surface area contributed by atoms with Crippen molar-refractivity contribution in [3.05, 3.63) is 18.5 Å². The van der Waals surface area contributed by atoms with Gasteiger partial charge in [-0.1, -0.05) is 0 Å². The standard InChI is InChI=1S/C16H24N4O2/c1-22-14-5-10-19(11-6-14)15(21)13-4-2-9-20(12-13)16-17-7-3-8-18-16/h3,7-8,13-14H,2,4-6,9-12H2,1H3/t13-/m0/s1. The summed E-state index contributed by atoms with van der Waals surface area (Å²) < 4.78 is 5.38. The number of carbonyl (C=O) groups excluding carboxylic acids is 1. The van der Waals surface area contributed by atoms with E-state index in [1.165, 1.54) is 0 Å². The van der Waals surface area contributed by atoms with Crippen molar-refractivity contribution in [2.24, 2.45) is 5.92 Å². The molecule has 2 saturated heterocycles. The highest BCUT2D eigenvalue weighted by Crippen LogP contribution is 2.23. The molecular weight excluding hydrogens is 280 g/mol. The van der Waals surface area contributed by atoms with E-state index < -0.39 is 0 Å². The average Bonchev–Trinajstić information content (AvgIpc) is 2.62. The SMILES string of the molecule is COC1CCN(C(=O)[C@H]2CCCN(c3ncccn3)C2)CC1. The van der Waals surface area contributed by atoms with Crippen LogP contribution in [0.3, 0.4) is 0 Å². The van der Waals surface area contributed by atoms with Crippen LogP contribution >= 0.6 is 0 Å². The van der Waals surface area contributed by atoms with Gasteiger partial charge in [0.05, 0.1) is 12.0 Å². The summed E-state index contributed by atoms with van der Waals surface area (Å²) in [5.41, 5.74) is 0. The number of hydrogen-bond donors (Lipinski definition) is 0. The van der Waals surface area contributed by atoms with Crippen molar-refractivity contribution >= 4 is 11.9 Å². The quantitative estimate of drug-likeness (QED) is 0.843. The lowest BCUT2D eigenvalue weighted by Crippen LogP contribution is -2.48. The number of rotatable bonds is 3. The second kappa shape index (κ2) is 7.05. The normalized spacial score (nSPS) is 23.6. The number of hydrogen-bond acceptors (Lipinski definition) is 5. The highest BCUT2D eigenvalue weighted by molar-refractivity contribution is 5.79. The monoisotopic (exact) mass is 304 g/mol. The molecular formula is C16H24N4O2. The van der Waals surface area contributed by atoms with E-state index in [-0.39, 0.29) is 11.8 Å². The van der Waals surface area contributed by atoms with Gasteiger partial charge in [0.15, 0.2) is 0 Å². The van der Waals surface area contributed by atoms with Crippen LogP contribution in [0, 0.1) is 5.92 Å². The van der Waals surface area contributed by atoms with Gasteiger partial charge in [-0.2, -0.15) is 0 Å². The molecule has 3 rings (SSSR count). The minimum absolute atomic E-state index is 0.0663. The Kier molecular flexibility index (Phi) is 4.87. The number of anilines is 1. The number of amides is 1. The van der Waals surface area contributed by atoms with Gasteiger partial charge < -0.3 is 14.5 Å². The molecule has 1 amide bonds. The van der Waals surface area contributed by atoms with Crippen LogP contribution < -0.4 is 4.90 Å². The Morgan fingerprint density at radius 2 is 1.91 bits per heavy atom. The first kappa shape index (κ1) is 15.2. The minimum atomic E-state index is 0.0663. The predicted molar refractivity (Wildman–Crippen MR) is 83.6 cm³/mol. The van der Waals surface area contributed by atoms with Crippen LogP contribution in [0.15, 0.2) is 18.5 Å². The van der Waals surface area contributed by atoms with Crippen LogP contribution in [0.1, 0.15) is 25.7 Å². The van der Waals surface area contributed by atoms with Crippen molar-refractivity contribution in [2.75, 3.05) is 38.2 Å². The predicted octanol–water partition coefficient (Wildman–Crippen LogP) is 1.33. The molecule has 0 unspecified atom stereocenters. The molecule has 1 atom stereocenters. The van der Waals surface area contributed by atoms with Gasteiger partial charge in [-0.3, -0.25) is 4.79 Å². The van der Waals surface area contributed by atoms with E-state index in [4.69, 9.17) is 4.74 Å². The molecule has 0 aliphatic carbocycles. The zero-order valence-electron chi connectivity index (χ0n) is 13.1. The maximum absolute atomic E-state index is 12.7. The number of methoxy groups -OCH3 is 1. The highest BCUT2D eigenvalue weighted by atomic mass is 16.5. The molecule has 3 heterocycles. The van der Waals surface area contributed by atoms with E-state index in [0.717, 1.165) is 57.8 Å². The van der Waals surface area contributed by atoms with E-state index in [1.807, 2.05) is 11.0 Å². The Hall–Kier alpha value is -1.69. The second-order valence-electron chi connectivity index (χ2n) is 6.09. The topological polar surface area (TPSA) is 58.6 Å². The Morgan fingerprint density at radius 1 is 1.18 bits per heavy atom. The summed E-state index contributed by atoms with van der Waals surface area (Å²) in [6, 6.07) is 1.82. The van der Waals surface area contributed by atoms with E-state index in [9.17, 15) is 4.79 Å². The number of ether oxygens (including phenoxy) is 1. The maximum Gasteiger partial charge on any atom is 0.227 e. The first-order valence-corrected chi connectivity index (χ1v) is 8.11. The van der Waals surface area contributed by atoms with Gasteiger partial charge in [0.2, 0.25) is 11.9 Å². The summed E-state index contributed by atoms with van der Waals surface area (Å²) >= 11 is 0. The lowest BCUT2D eigenvalue weighted by molar-refractivity contribution is -0.138. The minimum Gasteiger partial charge on any atom is -0.381 e. The molecule has 6 nitrogen and oxygen atoms in total. The van der Waals surface area contributed by atoms with Crippen LogP contribution in [-0.4, -0.2) is 60.2 Å². The van der Waals surface area contributed by atoms with Crippen molar-refractivity contribution in [3.63, 3.8) is 0 Å². The zero-order chi connectivity index (χ0) is 15.4. The van der Waals surface area contributed by atoms with Crippen LogP contribution in [0.25, 0.3) is 0 Å². The number of piperidine rings is 2. The second-order valence-corrected chi connectivity index (χ2v) is 6.09. The van der Waals surface area contributed by atoms with Gasteiger partial charge in [0.1, 0.15) is 0 Å². The summed E-state index contributed by atoms with van der Waals surface area (Å²) in [5, 5.41) is 0. The van der Waals surface area contributed by atoms with E-state index in [0.29, 0.717) is 6.10 Å². The fourth-order valence-electron chi connectivity index (χ4n) is 3.38. The van der Waals surface area contributed by atoms with Crippen molar-refractivity contribution in [3.8, 4) is 0 Å². The summed E-state index contributed by atoms with van der Waals surface area (Å²) in [4.78, 5) is 25.5. The van der Waals surface area contributed by atoms with Crippen molar-refractivity contribution in [2.45, 2.75) is 31.8 Å². The van der Waals surface area contributed by atoms with Gasteiger partial charge in [-0.25, -0.2) is 9.97 Å². The van der Waals surface area contributed by atoms with Gasteiger partial charge in [-0.15, -0.1) is 0 Å². The van der Waals surface area contributed by atoms with Crippen molar-refractivity contribution < 1.29 is 9.53 Å². The third-order valence-electron chi connectivity index (χ3n) is 4.69. The van der Waals surface area contributed by atoms with Crippen LogP contribution in [0.5, 0.6) is 0 Å². The van der Waals surface area contributed by atoms with Crippen LogP contribution in [0.4, 0.5) is 5.95 Å². The van der Waals surface area contributed by atoms with E-state index >= 15 is 0 Å². The molecule has 120 valence electrons. The molecule has 0 N–H and O–H groups in total. The summed E-state index contributed by atoms with van der Waals surface area (Å²) in [5.74, 6) is 1.09. The van der Waals surface area contributed by atoms with Crippen LogP contribution in [0.2, 0.25) is 0 Å². The number of carbonyl (C=O) groups is 1. The lowest BCUT2D eigenvalue weighted by atomic mass is 9.95. The number of nitrogens with zero attached hydrogens (tertiary/aromatic N) is 4. The highest BCUT2D eigenvalue weighted by Gasteiger charge is 2.32. The molecule has 0 spiro atoms. The third kappa shape index (κ3) is 3.38. The summed E-state index contributed by atoms with van der Waals surface area (Å²) in [6.45, 7) is 3.29. The van der Waals surface area contributed by atoms with Crippen molar-refractivity contribution in [1.82, 2.24) is 14.9 Å². The van der Waals surface area contributed by atoms with Gasteiger partial charge in [0, 0.05) is 45.7 Å². The molecule has 2 aliphatic heterocycles. The lowest BCUT2D eigenvalue weighted by Gasteiger charge is -2.37. The fourth-order valence-corrected chi connectivity index (χ4v) is 3.38. The summed E-state index contributed by atoms with van der Waals surface area (Å²) in [6.07, 6.45) is 7.69. The molecule has 0 bridgehead atoms. The molecule has 0 saturated carbocycles. The molecule has 1 aromatic rings. The van der Waals surface area contributed by atoms with E-state index in [2.05, 4.69) is 14.9 Å². The van der Waals surface area contributed by atoms with Gasteiger partial charge in [-0.05, 0) is 31.7 Å². The molecule has 0 radical (unpaired) electrons. The smallest absolute Gasteiger partial charge is 0.227 e. The zero-order valence-corrected chi connectivity index (χ0v) is 13.1. The largest absolute Gasteiger partial charge is 0.381 e. The third-order valence-corrected chi connectivity index (χ3v) is 4.69. The molecule has 2 fully saturated rings. The number of aromatic nitrogens is 2. The summed E-state index contributed by atoms with van der Waals surface area (Å²) in [7, 11) is 1.75. The Labute approximate surface area is 131 Å². The molecule has 0 aromatic carbocycles. The molecule has 6 heteroatoms. The number of likely N-dealkylation sites (tertiary alicyclic amines) is 1. The first-order valence-electron chi connectivity index (χ1n) is 8.11. The molecule has 1 aromatic heterocycles. The van der Waals surface area contributed by atoms with Crippen LogP contribution in [-0.2, 0) is 9.53 Å². The Balaban J connectivity index is 1.59.